The van der Waals surface area contributed by atoms with Gasteiger partial charge in [0.2, 0.25) is 0 Å². The van der Waals surface area contributed by atoms with E-state index in [4.69, 9.17) is 15.2 Å². The predicted molar refractivity (Wildman–Crippen MR) is 76.3 cm³/mol. The van der Waals surface area contributed by atoms with E-state index in [9.17, 15) is 9.90 Å². The van der Waals surface area contributed by atoms with E-state index in [1.165, 1.54) is 0 Å². The van der Waals surface area contributed by atoms with Crippen LogP contribution >= 0.6 is 0 Å². The van der Waals surface area contributed by atoms with Gasteiger partial charge in [-0.15, -0.1) is 0 Å². The van der Waals surface area contributed by atoms with Crippen LogP contribution in [0.25, 0.3) is 0 Å². The molecule has 7 nitrogen and oxygen atoms in total. The maximum Gasteiger partial charge on any atom is 0.285 e. The monoisotopic (exact) mass is 291 g/mol. The van der Waals surface area contributed by atoms with Crippen molar-refractivity contribution < 1.29 is 19.4 Å². The number of morpholine rings is 1. The summed E-state index contributed by atoms with van der Waals surface area (Å²) in [6.07, 6.45) is 0.596. The van der Waals surface area contributed by atoms with Crippen molar-refractivity contribution in [3.8, 4) is 0 Å². The van der Waals surface area contributed by atoms with Gasteiger partial charge in [-0.1, -0.05) is 0 Å². The lowest BCUT2D eigenvalue weighted by atomic mass is 10.2. The van der Waals surface area contributed by atoms with Gasteiger partial charge < -0.3 is 25.2 Å². The van der Waals surface area contributed by atoms with Crippen molar-refractivity contribution in [2.24, 2.45) is 5.73 Å². The van der Waals surface area contributed by atoms with Gasteiger partial charge in [0.05, 0.1) is 13.2 Å². The molecule has 21 heavy (non-hydrogen) atoms. The Hall–Kier alpha value is -2.09. The third-order valence-corrected chi connectivity index (χ3v) is 3.42. The van der Waals surface area contributed by atoms with E-state index in [2.05, 4.69) is 0 Å². The quantitative estimate of drug-likeness (QED) is 0.812. The minimum atomic E-state index is -1.07. The molecule has 1 fully saturated rings. The summed E-state index contributed by atoms with van der Waals surface area (Å²) in [5, 5.41) is 9.82. The van der Waals surface area contributed by atoms with Gasteiger partial charge in [-0.2, -0.15) is 0 Å². The van der Waals surface area contributed by atoms with Crippen molar-refractivity contribution in [2.45, 2.75) is 6.41 Å². The van der Waals surface area contributed by atoms with Crippen LogP contribution in [0, 0.1) is 0 Å². The third kappa shape index (κ3) is 2.71. The normalized spacial score (nSPS) is 22.3. The molecule has 7 heteroatoms. The molecular weight excluding hydrogens is 274 g/mol. The number of carbonyl (C=O) groups excluding carboxylic acids is 1. The first-order chi connectivity index (χ1) is 10.2. The molecule has 2 aliphatic rings. The Kier molecular flexibility index (Phi) is 3.78. The molecule has 2 aliphatic heterocycles. The van der Waals surface area contributed by atoms with Gasteiger partial charge in [-0.05, 0) is 24.3 Å². The van der Waals surface area contributed by atoms with Crippen LogP contribution in [-0.4, -0.2) is 43.7 Å². The number of hydrogen-bond acceptors (Lipinski definition) is 6. The van der Waals surface area contributed by atoms with Gasteiger partial charge in [0.15, 0.2) is 0 Å². The van der Waals surface area contributed by atoms with E-state index in [0.717, 1.165) is 11.4 Å². The van der Waals surface area contributed by atoms with E-state index in [-0.39, 0.29) is 19.1 Å². The highest BCUT2D eigenvalue weighted by Crippen LogP contribution is 2.27. The van der Waals surface area contributed by atoms with Crippen molar-refractivity contribution >= 4 is 17.3 Å². The molecule has 3 N–H and O–H groups in total. The minimum Gasteiger partial charge on any atom is -0.448 e. The molecule has 3 rings (SSSR count). The lowest BCUT2D eigenvalue weighted by Gasteiger charge is -2.27. The van der Waals surface area contributed by atoms with Gasteiger partial charge in [0.25, 0.3) is 12.3 Å². The number of rotatable bonds is 3. The van der Waals surface area contributed by atoms with Gasteiger partial charge in [0, 0.05) is 24.1 Å². The summed E-state index contributed by atoms with van der Waals surface area (Å²) in [6, 6.07) is 7.31. The fourth-order valence-corrected chi connectivity index (χ4v) is 2.34. The fourth-order valence-electron chi connectivity index (χ4n) is 2.34. The number of carbonyl (C=O) groups is 1. The van der Waals surface area contributed by atoms with Gasteiger partial charge in [-0.25, -0.2) is 0 Å². The predicted octanol–water partition coefficient (Wildman–Crippen LogP) is -0.0376. The Balaban J connectivity index is 1.78. The number of amides is 1. The molecule has 2 heterocycles. The van der Waals surface area contributed by atoms with Crippen LogP contribution in [0.2, 0.25) is 0 Å². The third-order valence-electron chi connectivity index (χ3n) is 3.42. The number of hydrogen-bond donors (Lipinski definition) is 2. The van der Waals surface area contributed by atoms with Crippen molar-refractivity contribution in [2.75, 3.05) is 36.1 Å². The zero-order valence-corrected chi connectivity index (χ0v) is 11.4. The van der Waals surface area contributed by atoms with Crippen LogP contribution in [0.4, 0.5) is 11.4 Å². The zero-order chi connectivity index (χ0) is 14.8. The number of ether oxygens (including phenoxy) is 2. The maximum atomic E-state index is 11.8. The molecule has 0 aliphatic carbocycles. The lowest BCUT2D eigenvalue weighted by Crippen LogP contribution is -2.41. The van der Waals surface area contributed by atoms with Crippen molar-refractivity contribution in [3.63, 3.8) is 0 Å². The highest BCUT2D eigenvalue weighted by Gasteiger charge is 2.25. The smallest absolute Gasteiger partial charge is 0.285 e. The van der Waals surface area contributed by atoms with Crippen molar-refractivity contribution in [1.82, 2.24) is 0 Å². The SMILES string of the molecule is NCC1=CN(c2ccc(N3CCOCC3=O)cc2)C(O)O1. The van der Waals surface area contributed by atoms with E-state index < -0.39 is 6.41 Å². The van der Waals surface area contributed by atoms with Gasteiger partial charge in [0.1, 0.15) is 12.4 Å². The number of benzene rings is 1. The molecule has 0 aromatic heterocycles. The summed E-state index contributed by atoms with van der Waals surface area (Å²) in [6.45, 7) is 1.43. The van der Waals surface area contributed by atoms with Crippen LogP contribution in [0.1, 0.15) is 0 Å². The summed E-state index contributed by atoms with van der Waals surface area (Å²) < 4.78 is 10.3. The van der Waals surface area contributed by atoms with Gasteiger partial charge in [-0.3, -0.25) is 9.69 Å². The molecule has 112 valence electrons. The van der Waals surface area contributed by atoms with Crippen LogP contribution in [0.3, 0.4) is 0 Å². The van der Waals surface area contributed by atoms with Crippen LogP contribution in [-0.2, 0) is 14.3 Å². The molecule has 1 aromatic carbocycles. The molecular formula is C14H17N3O4. The standard InChI is InChI=1S/C14H17N3O4/c15-7-12-8-17(14(19)21-12)11-3-1-10(2-4-11)16-5-6-20-9-13(16)18/h1-4,8,14,19H,5-7,9,15H2. The van der Waals surface area contributed by atoms with E-state index in [0.29, 0.717) is 18.9 Å². The summed E-state index contributed by atoms with van der Waals surface area (Å²) in [4.78, 5) is 15.0. The van der Waals surface area contributed by atoms with Crippen LogP contribution < -0.4 is 15.5 Å². The largest absolute Gasteiger partial charge is 0.448 e. The lowest BCUT2D eigenvalue weighted by molar-refractivity contribution is -0.125. The second-order valence-electron chi connectivity index (χ2n) is 4.77. The molecule has 1 aromatic rings. The molecule has 0 radical (unpaired) electrons. The maximum absolute atomic E-state index is 11.8. The second-order valence-corrected chi connectivity index (χ2v) is 4.77. The second kappa shape index (κ2) is 5.72. The molecule has 1 amide bonds. The molecule has 0 spiro atoms. The first-order valence-corrected chi connectivity index (χ1v) is 6.71. The zero-order valence-electron chi connectivity index (χ0n) is 11.4. The number of aliphatic hydroxyl groups is 1. The Bertz CT molecular complexity index is 558. The van der Waals surface area contributed by atoms with Crippen molar-refractivity contribution in [1.29, 1.82) is 0 Å². The molecule has 0 saturated carbocycles. The summed E-state index contributed by atoms with van der Waals surface area (Å²) in [7, 11) is 0. The van der Waals surface area contributed by atoms with Crippen LogP contribution in [0.15, 0.2) is 36.2 Å². The molecule has 0 bridgehead atoms. The van der Waals surface area contributed by atoms with Crippen LogP contribution in [0.5, 0.6) is 0 Å². The number of nitrogens with zero attached hydrogens (tertiary/aromatic N) is 2. The first-order valence-electron chi connectivity index (χ1n) is 6.71. The van der Waals surface area contributed by atoms with E-state index in [1.807, 2.05) is 24.3 Å². The topological polar surface area (TPSA) is 88.3 Å². The van der Waals surface area contributed by atoms with E-state index >= 15 is 0 Å². The summed E-state index contributed by atoms with van der Waals surface area (Å²) >= 11 is 0. The van der Waals surface area contributed by atoms with Crippen molar-refractivity contribution in [3.05, 3.63) is 36.2 Å². The average Bonchev–Trinajstić information content (AvgIpc) is 2.89. The Morgan fingerprint density at radius 2 is 2.00 bits per heavy atom. The highest BCUT2D eigenvalue weighted by atomic mass is 16.6. The Morgan fingerprint density at radius 3 is 2.62 bits per heavy atom. The average molecular weight is 291 g/mol. The minimum absolute atomic E-state index is 0.0520. The number of nitrogens with two attached hydrogens (primary N) is 1. The highest BCUT2D eigenvalue weighted by molar-refractivity contribution is 5.95. The summed E-state index contributed by atoms with van der Waals surface area (Å²) in [5.41, 5.74) is 7.06. The summed E-state index contributed by atoms with van der Waals surface area (Å²) in [5.74, 6) is 0.471. The van der Waals surface area contributed by atoms with Gasteiger partial charge >= 0.3 is 0 Å². The molecule has 1 unspecified atom stereocenters. The Labute approximate surface area is 122 Å². The molecule has 1 saturated heterocycles. The Morgan fingerprint density at radius 1 is 1.29 bits per heavy atom. The number of anilines is 2. The number of aliphatic hydroxyl groups excluding tert-OH is 1. The molecule has 1 atom stereocenters. The fraction of sp³-hybridized carbons (Fsp3) is 0.357. The van der Waals surface area contributed by atoms with E-state index in [1.54, 1.807) is 16.0 Å². The first kappa shape index (κ1) is 13.9.